The molecule has 5 heteroatoms. The molecule has 2 atom stereocenters. The van der Waals surface area contributed by atoms with E-state index in [0.29, 0.717) is 6.54 Å². The zero-order valence-corrected chi connectivity index (χ0v) is 17.1. The van der Waals surface area contributed by atoms with Crippen LogP contribution in [0.15, 0.2) is 30.6 Å². The van der Waals surface area contributed by atoms with E-state index in [-0.39, 0.29) is 17.6 Å². The molecule has 2 rings (SSSR count). The number of pyridine rings is 1. The number of hydrogen-bond acceptors (Lipinski definition) is 4. The molecule has 0 bridgehead atoms. The molecule has 0 aromatic carbocycles. The maximum absolute atomic E-state index is 12.0. The van der Waals surface area contributed by atoms with E-state index in [1.54, 1.807) is 12.4 Å². The number of carbonyl (C=O) groups is 1. The molecular weight excluding hydrogens is 314 g/mol. The molecule has 1 aromatic rings. The van der Waals surface area contributed by atoms with Crippen molar-refractivity contribution in [1.29, 1.82) is 0 Å². The van der Waals surface area contributed by atoms with Gasteiger partial charge in [0.1, 0.15) is 5.60 Å². The van der Waals surface area contributed by atoms with Crippen molar-refractivity contribution in [2.24, 2.45) is 11.1 Å². The Morgan fingerprint density at radius 2 is 1.84 bits per heavy atom. The van der Waals surface area contributed by atoms with Crippen LogP contribution in [0.5, 0.6) is 0 Å². The topological polar surface area (TPSA) is 68.5 Å². The number of ether oxygens (including phenoxy) is 1. The maximum Gasteiger partial charge on any atom is 0.410 e. The molecule has 2 heterocycles. The smallest absolute Gasteiger partial charge is 0.410 e. The summed E-state index contributed by atoms with van der Waals surface area (Å²) in [6, 6.07) is 5.92. The molecule has 5 nitrogen and oxygen atoms in total. The highest BCUT2D eigenvalue weighted by atomic mass is 16.6. The molecule has 2 unspecified atom stereocenters. The molecule has 0 aliphatic carbocycles. The lowest BCUT2D eigenvalue weighted by atomic mass is 9.77. The number of aromatic nitrogens is 1. The average molecular weight is 352 g/mol. The van der Waals surface area contributed by atoms with Gasteiger partial charge in [-0.15, -0.1) is 0 Å². The Labute approximate surface area is 154 Å². The summed E-state index contributed by atoms with van der Waals surface area (Å²) in [5.41, 5.74) is 5.53. The van der Waals surface area contributed by atoms with E-state index >= 15 is 0 Å². The standard InChI is InChI=1S/C13H26N2O2.C5H5N.C2H6/c1-10-8-13(5,9-14)6-7-15(10)11(16)17-12(2,3)4;1-2-4-6-5-3-1;1-2/h10H,6-9,14H2,1-5H3;1-5H;1-2H3. The van der Waals surface area contributed by atoms with Gasteiger partial charge in [0.2, 0.25) is 0 Å². The van der Waals surface area contributed by atoms with Crippen molar-refractivity contribution in [3.05, 3.63) is 30.6 Å². The van der Waals surface area contributed by atoms with Gasteiger partial charge in [-0.05, 0) is 64.6 Å². The molecular formula is C20H37N3O2. The average Bonchev–Trinajstić information content (AvgIpc) is 2.57. The molecule has 1 aromatic heterocycles. The van der Waals surface area contributed by atoms with E-state index in [0.717, 1.165) is 19.4 Å². The number of nitrogens with zero attached hydrogens (tertiary/aromatic N) is 2. The molecule has 25 heavy (non-hydrogen) atoms. The lowest BCUT2D eigenvalue weighted by molar-refractivity contribution is -0.00145. The Balaban J connectivity index is 0.000000596. The maximum atomic E-state index is 12.0. The number of piperidine rings is 1. The summed E-state index contributed by atoms with van der Waals surface area (Å²) in [5.74, 6) is 0. The van der Waals surface area contributed by atoms with Gasteiger partial charge in [0, 0.05) is 25.0 Å². The van der Waals surface area contributed by atoms with E-state index in [2.05, 4.69) is 18.8 Å². The molecule has 1 saturated heterocycles. The fraction of sp³-hybridized carbons (Fsp3) is 0.700. The van der Waals surface area contributed by atoms with Gasteiger partial charge >= 0.3 is 6.09 Å². The van der Waals surface area contributed by atoms with E-state index in [1.165, 1.54) is 0 Å². The van der Waals surface area contributed by atoms with Gasteiger partial charge in [-0.1, -0.05) is 26.8 Å². The fourth-order valence-corrected chi connectivity index (χ4v) is 2.63. The molecule has 2 N–H and O–H groups in total. The minimum absolute atomic E-state index is 0.165. The van der Waals surface area contributed by atoms with Gasteiger partial charge < -0.3 is 15.4 Å². The zero-order chi connectivity index (χ0) is 19.5. The number of nitrogens with two attached hydrogens (primary N) is 1. The van der Waals surface area contributed by atoms with Crippen LogP contribution in [0.3, 0.4) is 0 Å². The zero-order valence-electron chi connectivity index (χ0n) is 17.1. The molecule has 1 fully saturated rings. The first-order valence-corrected chi connectivity index (χ1v) is 9.21. The highest BCUT2D eigenvalue weighted by molar-refractivity contribution is 5.68. The lowest BCUT2D eigenvalue weighted by Crippen LogP contribution is -2.51. The van der Waals surface area contributed by atoms with Crippen LogP contribution < -0.4 is 5.73 Å². The summed E-state index contributed by atoms with van der Waals surface area (Å²) in [7, 11) is 0. The van der Waals surface area contributed by atoms with Gasteiger partial charge in [0.15, 0.2) is 0 Å². The first kappa shape index (κ1) is 23.4. The predicted octanol–water partition coefficient (Wildman–Crippen LogP) is 4.48. The van der Waals surface area contributed by atoms with Gasteiger partial charge in [-0.2, -0.15) is 0 Å². The normalized spacial score (nSPS) is 22.7. The Morgan fingerprint density at radius 3 is 2.16 bits per heavy atom. The third-order valence-corrected chi connectivity index (χ3v) is 3.96. The molecule has 144 valence electrons. The number of carbonyl (C=O) groups excluding carboxylic acids is 1. The summed E-state index contributed by atoms with van der Waals surface area (Å²) in [5, 5.41) is 0. The fourth-order valence-electron chi connectivity index (χ4n) is 2.63. The first-order chi connectivity index (χ1) is 11.7. The molecule has 0 saturated carbocycles. The molecule has 1 aliphatic heterocycles. The summed E-state index contributed by atoms with van der Waals surface area (Å²) >= 11 is 0. The van der Waals surface area contributed by atoms with Crippen LogP contribution in [0.25, 0.3) is 0 Å². The van der Waals surface area contributed by atoms with Crippen LogP contribution in [0.1, 0.15) is 61.3 Å². The predicted molar refractivity (Wildman–Crippen MR) is 104 cm³/mol. The third-order valence-electron chi connectivity index (χ3n) is 3.96. The highest BCUT2D eigenvalue weighted by Crippen LogP contribution is 2.33. The van der Waals surface area contributed by atoms with Crippen molar-refractivity contribution in [2.45, 2.75) is 73.0 Å². The van der Waals surface area contributed by atoms with Gasteiger partial charge in [0.05, 0.1) is 0 Å². The van der Waals surface area contributed by atoms with Crippen LogP contribution in [0.4, 0.5) is 4.79 Å². The summed E-state index contributed by atoms with van der Waals surface area (Å²) in [6.45, 7) is 15.4. The van der Waals surface area contributed by atoms with Gasteiger partial charge in [-0.3, -0.25) is 4.98 Å². The van der Waals surface area contributed by atoms with E-state index in [4.69, 9.17) is 10.5 Å². The summed E-state index contributed by atoms with van der Waals surface area (Å²) in [6.07, 6.45) is 5.19. The van der Waals surface area contributed by atoms with E-state index in [9.17, 15) is 4.79 Å². The van der Waals surface area contributed by atoms with E-state index in [1.807, 2.05) is 57.7 Å². The van der Waals surface area contributed by atoms with Gasteiger partial charge in [0.25, 0.3) is 0 Å². The Kier molecular flexibility index (Phi) is 10.4. The molecule has 1 aliphatic rings. The lowest BCUT2D eigenvalue weighted by Gasteiger charge is -2.43. The third kappa shape index (κ3) is 9.44. The number of amides is 1. The number of rotatable bonds is 1. The van der Waals surface area contributed by atoms with Crippen LogP contribution in [0.2, 0.25) is 0 Å². The largest absolute Gasteiger partial charge is 0.444 e. The molecule has 1 amide bonds. The summed E-state index contributed by atoms with van der Waals surface area (Å²) in [4.78, 5) is 17.6. The minimum Gasteiger partial charge on any atom is -0.444 e. The first-order valence-electron chi connectivity index (χ1n) is 9.21. The van der Waals surface area contributed by atoms with Crippen molar-refractivity contribution in [1.82, 2.24) is 9.88 Å². The number of hydrogen-bond donors (Lipinski definition) is 1. The minimum atomic E-state index is -0.425. The van der Waals surface area contributed by atoms with Gasteiger partial charge in [-0.25, -0.2) is 4.79 Å². The van der Waals surface area contributed by atoms with Crippen LogP contribution in [-0.4, -0.2) is 40.7 Å². The molecule has 0 radical (unpaired) electrons. The summed E-state index contributed by atoms with van der Waals surface area (Å²) < 4.78 is 5.41. The van der Waals surface area contributed by atoms with Crippen LogP contribution >= 0.6 is 0 Å². The Bertz CT molecular complexity index is 447. The second-order valence-corrected chi connectivity index (χ2v) is 7.52. The van der Waals surface area contributed by atoms with E-state index < -0.39 is 5.60 Å². The van der Waals surface area contributed by atoms with Crippen molar-refractivity contribution in [3.63, 3.8) is 0 Å². The quantitative estimate of drug-likeness (QED) is 0.810. The van der Waals surface area contributed by atoms with Crippen molar-refractivity contribution in [2.75, 3.05) is 13.1 Å². The van der Waals surface area contributed by atoms with Crippen LogP contribution in [-0.2, 0) is 4.74 Å². The van der Waals surface area contributed by atoms with Crippen molar-refractivity contribution in [3.8, 4) is 0 Å². The van der Waals surface area contributed by atoms with Crippen molar-refractivity contribution < 1.29 is 9.53 Å². The van der Waals surface area contributed by atoms with Crippen molar-refractivity contribution >= 4 is 6.09 Å². The number of likely N-dealkylation sites (tertiary alicyclic amines) is 1. The highest BCUT2D eigenvalue weighted by Gasteiger charge is 2.37. The molecule has 0 spiro atoms. The second-order valence-electron chi connectivity index (χ2n) is 7.52. The Morgan fingerprint density at radius 1 is 1.28 bits per heavy atom. The Hall–Kier alpha value is -1.62. The monoisotopic (exact) mass is 351 g/mol. The van der Waals surface area contributed by atoms with Crippen LogP contribution in [0, 0.1) is 5.41 Å². The SMILES string of the molecule is CC.CC1CC(C)(CN)CCN1C(=O)OC(C)(C)C.c1ccncc1. The second kappa shape index (κ2) is 11.1.